The third-order valence-electron chi connectivity index (χ3n) is 4.21. The van der Waals surface area contributed by atoms with Gasteiger partial charge in [0.1, 0.15) is 5.75 Å². The highest BCUT2D eigenvalue weighted by Crippen LogP contribution is 2.32. The van der Waals surface area contributed by atoms with E-state index < -0.39 is 0 Å². The van der Waals surface area contributed by atoms with Crippen LogP contribution in [0, 0.1) is 35.0 Å². The molecule has 0 spiro atoms. The molecular weight excluding hydrogens is 274 g/mol. The molecule has 3 heteroatoms. The molecule has 3 nitrogen and oxygen atoms in total. The molecule has 1 aliphatic rings. The predicted octanol–water partition coefficient (Wildman–Crippen LogP) is 4.07. The minimum absolute atomic E-state index is 0.0335. The van der Waals surface area contributed by atoms with E-state index in [-0.39, 0.29) is 11.9 Å². The second-order valence-corrected chi connectivity index (χ2v) is 5.81. The zero-order valence-electron chi connectivity index (χ0n) is 13.0. The Bertz CT molecular complexity index is 593. The van der Waals surface area contributed by atoms with Crippen LogP contribution in [0.4, 0.5) is 0 Å². The van der Waals surface area contributed by atoms with Crippen molar-refractivity contribution in [1.29, 1.82) is 5.26 Å². The van der Waals surface area contributed by atoms with E-state index in [2.05, 4.69) is 18.8 Å². The van der Waals surface area contributed by atoms with Gasteiger partial charge < -0.3 is 4.74 Å². The van der Waals surface area contributed by atoms with Crippen LogP contribution in [-0.2, 0) is 4.79 Å². The Morgan fingerprint density at radius 2 is 1.91 bits per heavy atom. The highest BCUT2D eigenvalue weighted by atomic mass is 16.5. The van der Waals surface area contributed by atoms with Crippen molar-refractivity contribution < 1.29 is 9.53 Å². The number of carbonyl (C=O) groups is 1. The first-order valence-electron chi connectivity index (χ1n) is 7.94. The van der Waals surface area contributed by atoms with Gasteiger partial charge in [0.05, 0.1) is 5.92 Å². The molecule has 1 aliphatic carbocycles. The van der Waals surface area contributed by atoms with E-state index in [4.69, 9.17) is 10.00 Å². The number of carbonyl (C=O) groups excluding carboxylic acids is 1. The summed E-state index contributed by atoms with van der Waals surface area (Å²) >= 11 is 0. The molecule has 1 aromatic rings. The van der Waals surface area contributed by atoms with Crippen molar-refractivity contribution in [2.24, 2.45) is 11.8 Å². The molecule has 0 atom stereocenters. The van der Waals surface area contributed by atoms with E-state index >= 15 is 0 Å². The summed E-state index contributed by atoms with van der Waals surface area (Å²) in [5.74, 6) is 6.28. The summed E-state index contributed by atoms with van der Waals surface area (Å²) in [5.41, 5.74) is 0.737. The van der Waals surface area contributed by atoms with Crippen molar-refractivity contribution in [1.82, 2.24) is 0 Å². The zero-order valence-corrected chi connectivity index (χ0v) is 13.0. The Morgan fingerprint density at radius 1 is 1.23 bits per heavy atom. The van der Waals surface area contributed by atoms with Gasteiger partial charge in [-0.05, 0) is 55.9 Å². The van der Waals surface area contributed by atoms with Gasteiger partial charge in [0.15, 0.2) is 6.07 Å². The molecule has 22 heavy (non-hydrogen) atoms. The lowest BCUT2D eigenvalue weighted by Crippen LogP contribution is -2.25. The molecule has 0 aromatic heterocycles. The van der Waals surface area contributed by atoms with Crippen LogP contribution in [-0.4, -0.2) is 5.97 Å². The molecule has 0 N–H and O–H groups in total. The first-order valence-corrected chi connectivity index (χ1v) is 7.94. The van der Waals surface area contributed by atoms with Gasteiger partial charge in [-0.15, -0.1) is 0 Å². The smallest absolute Gasteiger partial charge is 0.314 e. The maximum absolute atomic E-state index is 12.2. The molecule has 0 heterocycles. The second-order valence-electron chi connectivity index (χ2n) is 5.81. The average molecular weight is 295 g/mol. The Morgan fingerprint density at radius 3 is 2.50 bits per heavy atom. The van der Waals surface area contributed by atoms with Crippen LogP contribution >= 0.6 is 0 Å². The summed E-state index contributed by atoms with van der Waals surface area (Å²) < 4.78 is 5.46. The summed E-state index contributed by atoms with van der Waals surface area (Å²) in [6.45, 7) is 2.21. The standard InChI is InChI=1S/C19H21NO2/c1-2-4-15-6-10-17(11-7-15)19(21)22-18-12-8-16(9-13-18)5-3-14-20/h8-9,12-13,15,17H,2,4,6-7,10-11H2,1H3. The Balaban J connectivity index is 1.86. The van der Waals surface area contributed by atoms with E-state index in [1.54, 1.807) is 30.3 Å². The predicted molar refractivity (Wildman–Crippen MR) is 84.9 cm³/mol. The van der Waals surface area contributed by atoms with Crippen LogP contribution in [0.25, 0.3) is 0 Å². The SMILES string of the molecule is CCCC1CCC(C(=O)Oc2ccc(C#CC#N)cc2)CC1. The molecule has 0 saturated heterocycles. The fourth-order valence-corrected chi connectivity index (χ4v) is 3.00. The molecule has 0 amide bonds. The van der Waals surface area contributed by atoms with E-state index in [0.717, 1.165) is 37.2 Å². The van der Waals surface area contributed by atoms with Crippen LogP contribution in [0.2, 0.25) is 0 Å². The summed E-state index contributed by atoms with van der Waals surface area (Å²) in [4.78, 5) is 12.2. The molecule has 1 fully saturated rings. The molecule has 0 unspecified atom stereocenters. The van der Waals surface area contributed by atoms with Gasteiger partial charge in [0, 0.05) is 11.5 Å². The van der Waals surface area contributed by atoms with Crippen LogP contribution in [0.1, 0.15) is 51.0 Å². The summed E-state index contributed by atoms with van der Waals surface area (Å²) in [7, 11) is 0. The molecule has 1 saturated carbocycles. The van der Waals surface area contributed by atoms with Gasteiger partial charge in [-0.3, -0.25) is 4.79 Å². The third kappa shape index (κ3) is 4.64. The highest BCUT2D eigenvalue weighted by Gasteiger charge is 2.27. The number of rotatable bonds is 4. The van der Waals surface area contributed by atoms with E-state index in [1.807, 2.05) is 0 Å². The Kier molecular flexibility index (Phi) is 6.04. The van der Waals surface area contributed by atoms with Crippen LogP contribution in [0.15, 0.2) is 24.3 Å². The molecule has 2 rings (SSSR count). The minimum atomic E-state index is -0.120. The van der Waals surface area contributed by atoms with E-state index in [9.17, 15) is 4.79 Å². The average Bonchev–Trinajstić information content (AvgIpc) is 2.55. The fourth-order valence-electron chi connectivity index (χ4n) is 3.00. The molecule has 114 valence electrons. The lowest BCUT2D eigenvalue weighted by molar-refractivity contribution is -0.140. The summed E-state index contributed by atoms with van der Waals surface area (Å²) in [6, 6.07) is 8.73. The van der Waals surface area contributed by atoms with Gasteiger partial charge in [0.2, 0.25) is 0 Å². The van der Waals surface area contributed by atoms with Crippen molar-refractivity contribution in [3.8, 4) is 23.7 Å². The monoisotopic (exact) mass is 295 g/mol. The van der Waals surface area contributed by atoms with Gasteiger partial charge in [-0.25, -0.2) is 0 Å². The lowest BCUT2D eigenvalue weighted by Gasteiger charge is -2.26. The van der Waals surface area contributed by atoms with Crippen LogP contribution in [0.3, 0.4) is 0 Å². The molecular formula is C19H21NO2. The van der Waals surface area contributed by atoms with Crippen LogP contribution in [0.5, 0.6) is 5.75 Å². The normalized spacial score (nSPS) is 20.4. The summed E-state index contributed by atoms with van der Waals surface area (Å²) in [6.07, 6.45) is 6.64. The number of benzene rings is 1. The Labute approximate surface area is 132 Å². The van der Waals surface area contributed by atoms with Crippen molar-refractivity contribution >= 4 is 5.97 Å². The maximum Gasteiger partial charge on any atom is 0.314 e. The topological polar surface area (TPSA) is 50.1 Å². The van der Waals surface area contributed by atoms with Gasteiger partial charge >= 0.3 is 5.97 Å². The minimum Gasteiger partial charge on any atom is -0.426 e. The van der Waals surface area contributed by atoms with Gasteiger partial charge in [-0.1, -0.05) is 25.7 Å². The first kappa shape index (κ1) is 16.1. The maximum atomic E-state index is 12.2. The molecule has 0 radical (unpaired) electrons. The van der Waals surface area contributed by atoms with Crippen molar-refractivity contribution in [3.05, 3.63) is 29.8 Å². The van der Waals surface area contributed by atoms with Gasteiger partial charge in [0.25, 0.3) is 0 Å². The number of ether oxygens (including phenoxy) is 1. The quantitative estimate of drug-likeness (QED) is 0.478. The van der Waals surface area contributed by atoms with E-state index in [1.165, 1.54) is 12.8 Å². The highest BCUT2D eigenvalue weighted by molar-refractivity contribution is 5.75. The number of hydrogen-bond acceptors (Lipinski definition) is 3. The third-order valence-corrected chi connectivity index (χ3v) is 4.21. The van der Waals surface area contributed by atoms with Crippen molar-refractivity contribution in [3.63, 3.8) is 0 Å². The van der Waals surface area contributed by atoms with E-state index in [0.29, 0.717) is 5.75 Å². The molecule has 1 aromatic carbocycles. The molecule has 0 bridgehead atoms. The number of esters is 1. The summed E-state index contributed by atoms with van der Waals surface area (Å²) in [5, 5.41) is 8.40. The second kappa shape index (κ2) is 8.25. The largest absolute Gasteiger partial charge is 0.426 e. The number of hydrogen-bond donors (Lipinski definition) is 0. The lowest BCUT2D eigenvalue weighted by atomic mass is 9.80. The molecule has 0 aliphatic heterocycles. The zero-order chi connectivity index (χ0) is 15.8. The number of nitriles is 1. The van der Waals surface area contributed by atoms with Crippen LogP contribution < -0.4 is 4.74 Å². The van der Waals surface area contributed by atoms with Gasteiger partial charge in [-0.2, -0.15) is 5.26 Å². The Hall–Kier alpha value is -2.26. The van der Waals surface area contributed by atoms with Crippen molar-refractivity contribution in [2.75, 3.05) is 0 Å². The number of nitrogens with zero attached hydrogens (tertiary/aromatic N) is 1. The first-order chi connectivity index (χ1) is 10.7. The fraction of sp³-hybridized carbons (Fsp3) is 0.474. The van der Waals surface area contributed by atoms with Crippen molar-refractivity contribution in [2.45, 2.75) is 45.4 Å².